The molecule has 4 aliphatic rings. The SMILES string of the molecule is C[C@]12CCCCC1=CC[C@@H]1[C@@H]2CC[C@@]2(C=O)[C@H]1CCC2(O)c1cccnc1. The predicted molar refractivity (Wildman–Crippen MR) is 105 cm³/mol. The molecule has 0 aromatic carbocycles. The lowest BCUT2D eigenvalue weighted by atomic mass is 9.46. The molecule has 5 rings (SSSR count). The largest absolute Gasteiger partial charge is 0.384 e. The van der Waals surface area contributed by atoms with Crippen LogP contribution in [-0.2, 0) is 10.4 Å². The summed E-state index contributed by atoms with van der Waals surface area (Å²) < 4.78 is 0. The Hall–Kier alpha value is -1.48. The maximum Gasteiger partial charge on any atom is 0.129 e. The summed E-state index contributed by atoms with van der Waals surface area (Å²) in [5.41, 5.74) is 1.14. The van der Waals surface area contributed by atoms with Gasteiger partial charge < -0.3 is 9.90 Å². The molecular formula is C24H31NO2. The molecule has 3 heteroatoms. The van der Waals surface area contributed by atoms with Crippen molar-refractivity contribution in [3.05, 3.63) is 41.7 Å². The van der Waals surface area contributed by atoms with Crippen LogP contribution in [-0.4, -0.2) is 16.4 Å². The first-order valence-electron chi connectivity index (χ1n) is 10.8. The van der Waals surface area contributed by atoms with Gasteiger partial charge in [-0.3, -0.25) is 4.98 Å². The Morgan fingerprint density at radius 2 is 2.04 bits per heavy atom. The van der Waals surface area contributed by atoms with E-state index in [4.69, 9.17) is 0 Å². The third kappa shape index (κ3) is 2.18. The molecule has 1 N–H and O–H groups in total. The van der Waals surface area contributed by atoms with Gasteiger partial charge in [-0.25, -0.2) is 0 Å². The number of carbonyl (C=O) groups excluding carboxylic acids is 1. The van der Waals surface area contributed by atoms with Crippen molar-refractivity contribution in [3.8, 4) is 0 Å². The number of aldehydes is 1. The van der Waals surface area contributed by atoms with Crippen LogP contribution in [0.1, 0.15) is 70.3 Å². The Labute approximate surface area is 162 Å². The number of carbonyl (C=O) groups is 1. The van der Waals surface area contributed by atoms with Gasteiger partial charge in [-0.1, -0.05) is 31.1 Å². The highest BCUT2D eigenvalue weighted by Gasteiger charge is 2.66. The summed E-state index contributed by atoms with van der Waals surface area (Å²) in [6.45, 7) is 2.49. The summed E-state index contributed by atoms with van der Waals surface area (Å²) >= 11 is 0. The van der Waals surface area contributed by atoms with E-state index in [-0.39, 0.29) is 5.92 Å². The lowest BCUT2D eigenvalue weighted by Gasteiger charge is -2.58. The summed E-state index contributed by atoms with van der Waals surface area (Å²) in [5, 5.41) is 11.8. The number of allylic oxidation sites excluding steroid dienone is 2. The number of fused-ring (bicyclic) bond motifs is 5. The zero-order valence-electron chi connectivity index (χ0n) is 16.4. The highest BCUT2D eigenvalue weighted by Crippen LogP contribution is 2.68. The van der Waals surface area contributed by atoms with Crippen molar-refractivity contribution in [2.75, 3.05) is 0 Å². The van der Waals surface area contributed by atoms with E-state index in [2.05, 4.69) is 18.0 Å². The molecule has 1 heterocycles. The maximum absolute atomic E-state index is 12.6. The minimum absolute atomic E-state index is 0.288. The fourth-order valence-electron chi connectivity index (χ4n) is 7.71. The molecule has 27 heavy (non-hydrogen) atoms. The lowest BCUT2D eigenvalue weighted by molar-refractivity contribution is -0.155. The first-order valence-corrected chi connectivity index (χ1v) is 10.8. The Kier molecular flexibility index (Phi) is 3.92. The van der Waals surface area contributed by atoms with Crippen molar-refractivity contribution in [2.24, 2.45) is 28.6 Å². The van der Waals surface area contributed by atoms with Crippen LogP contribution in [0.3, 0.4) is 0 Å². The van der Waals surface area contributed by atoms with Gasteiger partial charge in [0.2, 0.25) is 0 Å². The molecule has 1 unspecified atom stereocenters. The minimum Gasteiger partial charge on any atom is -0.384 e. The fourth-order valence-corrected chi connectivity index (χ4v) is 7.71. The van der Waals surface area contributed by atoms with E-state index in [1.807, 2.05) is 12.1 Å². The normalized spacial score (nSPS) is 46.0. The fraction of sp³-hybridized carbons (Fsp3) is 0.667. The van der Waals surface area contributed by atoms with Crippen LogP contribution < -0.4 is 0 Å². The molecule has 0 bridgehead atoms. The Morgan fingerprint density at radius 3 is 2.81 bits per heavy atom. The van der Waals surface area contributed by atoms with Crippen molar-refractivity contribution < 1.29 is 9.90 Å². The number of hydrogen-bond donors (Lipinski definition) is 1. The smallest absolute Gasteiger partial charge is 0.129 e. The van der Waals surface area contributed by atoms with Crippen LogP contribution in [0.5, 0.6) is 0 Å². The van der Waals surface area contributed by atoms with E-state index < -0.39 is 11.0 Å². The number of rotatable bonds is 2. The quantitative estimate of drug-likeness (QED) is 0.605. The van der Waals surface area contributed by atoms with Gasteiger partial charge in [0.25, 0.3) is 0 Å². The second kappa shape index (κ2) is 6.01. The van der Waals surface area contributed by atoms with Crippen LogP contribution in [0.25, 0.3) is 0 Å². The molecule has 1 aromatic rings. The molecule has 0 spiro atoms. The third-order valence-electron chi connectivity index (χ3n) is 9.08. The number of pyridine rings is 1. The van der Waals surface area contributed by atoms with Crippen LogP contribution in [0.4, 0.5) is 0 Å². The molecular weight excluding hydrogens is 334 g/mol. The van der Waals surface area contributed by atoms with Gasteiger partial charge in [0.05, 0.1) is 5.41 Å². The Bertz CT molecular complexity index is 774. The highest BCUT2D eigenvalue weighted by atomic mass is 16.3. The average molecular weight is 366 g/mol. The summed E-state index contributed by atoms with van der Waals surface area (Å²) in [7, 11) is 0. The van der Waals surface area contributed by atoms with E-state index in [9.17, 15) is 9.90 Å². The molecule has 3 fully saturated rings. The van der Waals surface area contributed by atoms with Gasteiger partial charge in [0, 0.05) is 18.0 Å². The summed E-state index contributed by atoms with van der Waals surface area (Å²) in [4.78, 5) is 16.8. The Balaban J connectivity index is 1.56. The van der Waals surface area contributed by atoms with Crippen LogP contribution >= 0.6 is 0 Å². The van der Waals surface area contributed by atoms with Crippen LogP contribution in [0.2, 0.25) is 0 Å². The maximum atomic E-state index is 12.6. The molecule has 3 saturated carbocycles. The van der Waals surface area contributed by atoms with E-state index in [0.717, 1.165) is 37.5 Å². The predicted octanol–water partition coefficient (Wildman–Crippen LogP) is 4.80. The van der Waals surface area contributed by atoms with Crippen molar-refractivity contribution >= 4 is 6.29 Å². The van der Waals surface area contributed by atoms with Crippen LogP contribution in [0, 0.1) is 28.6 Å². The molecule has 3 nitrogen and oxygen atoms in total. The van der Waals surface area contributed by atoms with Gasteiger partial charge in [-0.05, 0) is 80.6 Å². The van der Waals surface area contributed by atoms with Crippen LogP contribution in [0.15, 0.2) is 36.2 Å². The molecule has 0 amide bonds. The molecule has 0 saturated heterocycles. The molecule has 1 aromatic heterocycles. The van der Waals surface area contributed by atoms with Crippen molar-refractivity contribution in [1.29, 1.82) is 0 Å². The number of nitrogens with zero attached hydrogens (tertiary/aromatic N) is 1. The molecule has 144 valence electrons. The van der Waals surface area contributed by atoms with E-state index in [0.29, 0.717) is 23.7 Å². The topological polar surface area (TPSA) is 50.2 Å². The van der Waals surface area contributed by atoms with Crippen molar-refractivity contribution in [1.82, 2.24) is 4.98 Å². The second-order valence-electron chi connectivity index (χ2n) is 9.80. The van der Waals surface area contributed by atoms with Gasteiger partial charge in [-0.15, -0.1) is 0 Å². The lowest BCUT2D eigenvalue weighted by Crippen LogP contribution is -2.55. The molecule has 0 aliphatic heterocycles. The monoisotopic (exact) mass is 365 g/mol. The van der Waals surface area contributed by atoms with Crippen molar-refractivity contribution in [2.45, 2.75) is 70.3 Å². The zero-order chi connectivity index (χ0) is 18.7. The van der Waals surface area contributed by atoms with Gasteiger partial charge in [-0.2, -0.15) is 0 Å². The summed E-state index contributed by atoms with van der Waals surface area (Å²) in [6.07, 6.45) is 17.0. The molecule has 0 radical (unpaired) electrons. The molecule has 6 atom stereocenters. The van der Waals surface area contributed by atoms with Gasteiger partial charge in [0.1, 0.15) is 11.9 Å². The number of aliphatic hydroxyl groups is 1. The summed E-state index contributed by atoms with van der Waals surface area (Å²) in [6, 6.07) is 3.83. The molecule has 4 aliphatic carbocycles. The average Bonchev–Trinajstić information content (AvgIpc) is 3.02. The number of aromatic nitrogens is 1. The standard InChI is InChI=1S/C24H31NO2/c1-22-11-3-2-5-17(22)7-8-19-20(22)9-12-23(16-26)21(19)10-13-24(23,27)18-6-4-14-25-15-18/h4,6-7,14-16,19-21,27H,2-3,5,8-13H2,1H3/t19-,20+,21+,22+,23-,24?/m1/s1. The van der Waals surface area contributed by atoms with Gasteiger partial charge >= 0.3 is 0 Å². The Morgan fingerprint density at radius 1 is 1.19 bits per heavy atom. The third-order valence-corrected chi connectivity index (χ3v) is 9.08. The van der Waals surface area contributed by atoms with E-state index in [1.54, 1.807) is 18.0 Å². The van der Waals surface area contributed by atoms with E-state index in [1.165, 1.54) is 25.7 Å². The van der Waals surface area contributed by atoms with Gasteiger partial charge in [0.15, 0.2) is 0 Å². The first-order chi connectivity index (χ1) is 13.1. The highest BCUT2D eigenvalue weighted by molar-refractivity contribution is 5.65. The minimum atomic E-state index is -1.06. The number of hydrogen-bond acceptors (Lipinski definition) is 3. The second-order valence-corrected chi connectivity index (χ2v) is 9.80. The first kappa shape index (κ1) is 17.6. The van der Waals surface area contributed by atoms with E-state index >= 15 is 0 Å². The zero-order valence-corrected chi connectivity index (χ0v) is 16.4. The summed E-state index contributed by atoms with van der Waals surface area (Å²) in [5.74, 6) is 1.49. The van der Waals surface area contributed by atoms with Crippen molar-refractivity contribution in [3.63, 3.8) is 0 Å².